The third-order valence-electron chi connectivity index (χ3n) is 3.99. The largest absolute Gasteiger partial charge is 0.353 e. The minimum Gasteiger partial charge on any atom is -0.353 e. The molecule has 1 aromatic rings. The Hall–Kier alpha value is -0.870. The molecule has 3 nitrogen and oxygen atoms in total. The average molecular weight is 311 g/mol. The maximum absolute atomic E-state index is 12.1. The van der Waals surface area contributed by atoms with Crippen LogP contribution in [0.25, 0.3) is 0 Å². The van der Waals surface area contributed by atoms with Gasteiger partial charge in [-0.2, -0.15) is 11.3 Å². The SMILES string of the molecule is CC(Cc1ccsc1)NC(=O)CCC(CCN)C(C)(C)C. The highest BCUT2D eigenvalue weighted by Gasteiger charge is 2.24. The van der Waals surface area contributed by atoms with Crippen molar-refractivity contribution in [3.63, 3.8) is 0 Å². The van der Waals surface area contributed by atoms with Crippen LogP contribution in [0.2, 0.25) is 0 Å². The van der Waals surface area contributed by atoms with Crippen molar-refractivity contribution in [2.75, 3.05) is 6.54 Å². The lowest BCUT2D eigenvalue weighted by Crippen LogP contribution is -2.34. The van der Waals surface area contributed by atoms with Gasteiger partial charge in [-0.15, -0.1) is 0 Å². The van der Waals surface area contributed by atoms with Gasteiger partial charge in [0.05, 0.1) is 0 Å². The average Bonchev–Trinajstić information content (AvgIpc) is 2.85. The molecule has 0 bridgehead atoms. The lowest BCUT2D eigenvalue weighted by molar-refractivity contribution is -0.122. The van der Waals surface area contributed by atoms with E-state index in [9.17, 15) is 4.79 Å². The third kappa shape index (κ3) is 7.09. The fraction of sp³-hybridized carbons (Fsp3) is 0.706. The van der Waals surface area contributed by atoms with Gasteiger partial charge in [0.25, 0.3) is 0 Å². The number of hydrogen-bond donors (Lipinski definition) is 2. The molecule has 0 saturated heterocycles. The van der Waals surface area contributed by atoms with Crippen LogP contribution in [0.3, 0.4) is 0 Å². The van der Waals surface area contributed by atoms with Crippen LogP contribution in [0.15, 0.2) is 16.8 Å². The van der Waals surface area contributed by atoms with Gasteiger partial charge in [-0.05, 0) is 66.5 Å². The lowest BCUT2D eigenvalue weighted by atomic mass is 9.76. The van der Waals surface area contributed by atoms with E-state index in [1.807, 2.05) is 0 Å². The summed E-state index contributed by atoms with van der Waals surface area (Å²) in [4.78, 5) is 12.1. The predicted octanol–water partition coefficient (Wildman–Crippen LogP) is 3.59. The zero-order chi connectivity index (χ0) is 15.9. The van der Waals surface area contributed by atoms with Crippen molar-refractivity contribution in [2.24, 2.45) is 17.1 Å². The van der Waals surface area contributed by atoms with Crippen molar-refractivity contribution < 1.29 is 4.79 Å². The van der Waals surface area contributed by atoms with Crippen LogP contribution >= 0.6 is 11.3 Å². The Morgan fingerprint density at radius 1 is 1.38 bits per heavy atom. The van der Waals surface area contributed by atoms with Gasteiger partial charge in [0.1, 0.15) is 0 Å². The Balaban J connectivity index is 2.35. The standard InChI is InChI=1S/C17H30N2OS/c1-13(11-14-8-10-21-12-14)19-16(20)6-5-15(7-9-18)17(2,3)4/h8,10,12-13,15H,5-7,9,11,18H2,1-4H3,(H,19,20). The van der Waals surface area contributed by atoms with E-state index in [2.05, 4.69) is 49.8 Å². The van der Waals surface area contributed by atoms with Crippen LogP contribution in [0.1, 0.15) is 52.5 Å². The fourth-order valence-corrected chi connectivity index (χ4v) is 3.36. The number of nitrogens with two attached hydrogens (primary N) is 1. The first-order valence-electron chi connectivity index (χ1n) is 7.83. The van der Waals surface area contributed by atoms with Crippen LogP contribution in [0.4, 0.5) is 0 Å². The highest BCUT2D eigenvalue weighted by molar-refractivity contribution is 7.07. The van der Waals surface area contributed by atoms with Gasteiger partial charge in [-0.3, -0.25) is 4.79 Å². The molecular formula is C17H30N2OS. The molecular weight excluding hydrogens is 280 g/mol. The molecule has 1 aromatic heterocycles. The summed E-state index contributed by atoms with van der Waals surface area (Å²) < 4.78 is 0. The monoisotopic (exact) mass is 310 g/mol. The van der Waals surface area contributed by atoms with Crippen LogP contribution in [0, 0.1) is 11.3 Å². The van der Waals surface area contributed by atoms with Crippen molar-refractivity contribution in [1.29, 1.82) is 0 Å². The Kier molecular flexibility index (Phi) is 7.40. The minimum absolute atomic E-state index is 0.156. The van der Waals surface area contributed by atoms with E-state index in [1.165, 1.54) is 5.56 Å². The maximum Gasteiger partial charge on any atom is 0.220 e. The first-order chi connectivity index (χ1) is 9.82. The molecule has 1 amide bonds. The Morgan fingerprint density at radius 2 is 2.10 bits per heavy atom. The molecule has 4 heteroatoms. The van der Waals surface area contributed by atoms with Crippen molar-refractivity contribution >= 4 is 17.2 Å². The second kappa shape index (κ2) is 8.54. The van der Waals surface area contributed by atoms with Crippen molar-refractivity contribution in [2.45, 2.75) is 59.4 Å². The van der Waals surface area contributed by atoms with Crippen LogP contribution < -0.4 is 11.1 Å². The number of amides is 1. The normalized spacial score (nSPS) is 14.7. The Labute approximate surface area is 133 Å². The van der Waals surface area contributed by atoms with Gasteiger partial charge >= 0.3 is 0 Å². The third-order valence-corrected chi connectivity index (χ3v) is 4.72. The quantitative estimate of drug-likeness (QED) is 0.771. The smallest absolute Gasteiger partial charge is 0.220 e. The van der Waals surface area contributed by atoms with E-state index in [0.717, 1.165) is 19.3 Å². The molecule has 0 aromatic carbocycles. The van der Waals surface area contributed by atoms with Crippen molar-refractivity contribution in [1.82, 2.24) is 5.32 Å². The summed E-state index contributed by atoms with van der Waals surface area (Å²) in [6.45, 7) is 9.44. The summed E-state index contributed by atoms with van der Waals surface area (Å²) >= 11 is 1.70. The van der Waals surface area contributed by atoms with Crippen molar-refractivity contribution in [3.05, 3.63) is 22.4 Å². The molecule has 1 heterocycles. The van der Waals surface area contributed by atoms with Crippen LogP contribution in [0.5, 0.6) is 0 Å². The summed E-state index contributed by atoms with van der Waals surface area (Å²) in [6, 6.07) is 2.30. The van der Waals surface area contributed by atoms with Gasteiger partial charge < -0.3 is 11.1 Å². The molecule has 1 rings (SSSR count). The molecule has 0 fully saturated rings. The zero-order valence-corrected chi connectivity index (χ0v) is 14.6. The summed E-state index contributed by atoms with van der Waals surface area (Å²) in [6.07, 6.45) is 3.40. The molecule has 0 aliphatic rings. The second-order valence-corrected chi connectivity index (χ2v) is 7.76. The molecule has 120 valence electrons. The van der Waals surface area contributed by atoms with Gasteiger partial charge in [-0.25, -0.2) is 0 Å². The summed E-state index contributed by atoms with van der Waals surface area (Å²) in [5.41, 5.74) is 7.19. The number of rotatable bonds is 8. The Bertz CT molecular complexity index is 409. The first kappa shape index (κ1) is 18.2. The number of nitrogens with one attached hydrogen (secondary N) is 1. The van der Waals surface area contributed by atoms with Gasteiger partial charge in [-0.1, -0.05) is 20.8 Å². The fourth-order valence-electron chi connectivity index (χ4n) is 2.68. The summed E-state index contributed by atoms with van der Waals surface area (Å²) in [5.74, 6) is 0.657. The van der Waals surface area contributed by atoms with Crippen LogP contribution in [-0.4, -0.2) is 18.5 Å². The summed E-state index contributed by atoms with van der Waals surface area (Å²) in [5, 5.41) is 7.31. The molecule has 2 atom stereocenters. The summed E-state index contributed by atoms with van der Waals surface area (Å²) in [7, 11) is 0. The Morgan fingerprint density at radius 3 is 2.62 bits per heavy atom. The predicted molar refractivity (Wildman–Crippen MR) is 91.5 cm³/mol. The topological polar surface area (TPSA) is 55.1 Å². The highest BCUT2D eigenvalue weighted by atomic mass is 32.1. The maximum atomic E-state index is 12.1. The molecule has 0 radical (unpaired) electrons. The number of hydrogen-bond acceptors (Lipinski definition) is 3. The molecule has 0 aliphatic carbocycles. The highest BCUT2D eigenvalue weighted by Crippen LogP contribution is 2.32. The van der Waals surface area contributed by atoms with E-state index < -0.39 is 0 Å². The second-order valence-electron chi connectivity index (χ2n) is 6.98. The first-order valence-corrected chi connectivity index (χ1v) is 8.77. The lowest BCUT2D eigenvalue weighted by Gasteiger charge is -2.30. The minimum atomic E-state index is 0.156. The molecule has 0 aliphatic heterocycles. The number of carbonyl (C=O) groups is 1. The van der Waals surface area contributed by atoms with Crippen molar-refractivity contribution in [3.8, 4) is 0 Å². The molecule has 21 heavy (non-hydrogen) atoms. The van der Waals surface area contributed by atoms with E-state index in [-0.39, 0.29) is 17.4 Å². The van der Waals surface area contributed by atoms with E-state index in [0.29, 0.717) is 18.9 Å². The van der Waals surface area contributed by atoms with E-state index in [4.69, 9.17) is 5.73 Å². The van der Waals surface area contributed by atoms with Gasteiger partial charge in [0.15, 0.2) is 0 Å². The molecule has 0 spiro atoms. The molecule has 2 unspecified atom stereocenters. The molecule has 3 N–H and O–H groups in total. The van der Waals surface area contributed by atoms with Crippen LogP contribution in [-0.2, 0) is 11.2 Å². The molecule has 0 saturated carbocycles. The van der Waals surface area contributed by atoms with E-state index in [1.54, 1.807) is 11.3 Å². The number of carbonyl (C=O) groups excluding carboxylic acids is 1. The van der Waals surface area contributed by atoms with E-state index >= 15 is 0 Å². The van der Waals surface area contributed by atoms with Gasteiger partial charge in [0, 0.05) is 12.5 Å². The zero-order valence-electron chi connectivity index (χ0n) is 13.8. The van der Waals surface area contributed by atoms with Gasteiger partial charge in [0.2, 0.25) is 5.91 Å². The number of thiophene rings is 1.